The molecule has 3 atom stereocenters. The molecule has 3 unspecified atom stereocenters. The molecule has 0 bridgehead atoms. The summed E-state index contributed by atoms with van der Waals surface area (Å²) in [7, 11) is 0. The molecule has 2 aliphatic rings. The Labute approximate surface area is 152 Å². The molecule has 3 nitrogen and oxygen atoms in total. The van der Waals surface area contributed by atoms with E-state index in [9.17, 15) is 4.79 Å². The van der Waals surface area contributed by atoms with Crippen molar-refractivity contribution in [2.75, 3.05) is 6.54 Å². The predicted octanol–water partition coefficient (Wildman–Crippen LogP) is 4.38. The van der Waals surface area contributed by atoms with Gasteiger partial charge in [-0.05, 0) is 44.6 Å². The third kappa shape index (κ3) is 4.52. The van der Waals surface area contributed by atoms with E-state index in [0.29, 0.717) is 5.91 Å². The second-order valence-electron chi connectivity index (χ2n) is 7.43. The lowest BCUT2D eigenvalue weighted by atomic mass is 9.84. The Bertz CT molecular complexity index is 548. The standard InChI is InChI=1S/C20H30N2O.ClH/c1-15-7-5-8-16(13-15)19-11-3-2-4-12-22(19)20(23)17-9-6-10-18(21)14-17;/h5,7-8,13,17-19H,2-4,6,9-12,14,21H2,1H3;1H. The Morgan fingerprint density at radius 1 is 1.12 bits per heavy atom. The van der Waals surface area contributed by atoms with Gasteiger partial charge < -0.3 is 10.6 Å². The maximum absolute atomic E-state index is 13.2. The van der Waals surface area contributed by atoms with Gasteiger partial charge in [-0.25, -0.2) is 0 Å². The van der Waals surface area contributed by atoms with Gasteiger partial charge in [0, 0.05) is 18.5 Å². The van der Waals surface area contributed by atoms with Gasteiger partial charge in [0.2, 0.25) is 5.91 Å². The molecule has 1 aromatic rings. The van der Waals surface area contributed by atoms with Gasteiger partial charge in [0.15, 0.2) is 0 Å². The van der Waals surface area contributed by atoms with Crippen LogP contribution in [0.15, 0.2) is 24.3 Å². The third-order valence-electron chi connectivity index (χ3n) is 5.53. The summed E-state index contributed by atoms with van der Waals surface area (Å²) in [6, 6.07) is 9.16. The average molecular weight is 351 g/mol. The number of nitrogens with two attached hydrogens (primary N) is 1. The van der Waals surface area contributed by atoms with Crippen molar-refractivity contribution in [1.82, 2.24) is 4.90 Å². The number of likely N-dealkylation sites (tertiary alicyclic amines) is 1. The largest absolute Gasteiger partial charge is 0.335 e. The van der Waals surface area contributed by atoms with Crippen molar-refractivity contribution in [3.05, 3.63) is 35.4 Å². The topological polar surface area (TPSA) is 46.3 Å². The number of hydrogen-bond donors (Lipinski definition) is 1. The zero-order valence-corrected chi connectivity index (χ0v) is 15.6. The third-order valence-corrected chi connectivity index (χ3v) is 5.53. The zero-order chi connectivity index (χ0) is 16.2. The molecule has 1 aliphatic heterocycles. The fraction of sp³-hybridized carbons (Fsp3) is 0.650. The van der Waals surface area contributed by atoms with Crippen molar-refractivity contribution in [1.29, 1.82) is 0 Å². The fourth-order valence-corrected chi connectivity index (χ4v) is 4.28. The van der Waals surface area contributed by atoms with Gasteiger partial charge in [-0.1, -0.05) is 49.1 Å². The van der Waals surface area contributed by atoms with E-state index >= 15 is 0 Å². The first-order chi connectivity index (χ1) is 11.1. The number of rotatable bonds is 2. The molecular formula is C20H31ClN2O. The normalized spacial score (nSPS) is 27.9. The first-order valence-corrected chi connectivity index (χ1v) is 9.28. The number of hydrogen-bond acceptors (Lipinski definition) is 2. The van der Waals surface area contributed by atoms with Crippen molar-refractivity contribution >= 4 is 18.3 Å². The zero-order valence-electron chi connectivity index (χ0n) is 14.7. The first kappa shape index (κ1) is 19.3. The van der Waals surface area contributed by atoms with E-state index < -0.39 is 0 Å². The number of aryl methyl sites for hydroxylation is 1. The van der Waals surface area contributed by atoms with E-state index in [-0.39, 0.29) is 30.4 Å². The highest BCUT2D eigenvalue weighted by Gasteiger charge is 2.33. The van der Waals surface area contributed by atoms with Gasteiger partial charge in [-0.15, -0.1) is 12.4 Å². The second-order valence-corrected chi connectivity index (χ2v) is 7.43. The molecule has 1 amide bonds. The summed E-state index contributed by atoms with van der Waals surface area (Å²) in [4.78, 5) is 15.4. The average Bonchev–Trinajstić information content (AvgIpc) is 2.80. The summed E-state index contributed by atoms with van der Waals surface area (Å²) >= 11 is 0. The van der Waals surface area contributed by atoms with Crippen LogP contribution in [0.5, 0.6) is 0 Å². The summed E-state index contributed by atoms with van der Waals surface area (Å²) in [6.07, 6.45) is 8.73. The van der Waals surface area contributed by atoms with E-state index in [1.54, 1.807) is 0 Å². The summed E-state index contributed by atoms with van der Waals surface area (Å²) < 4.78 is 0. The number of carbonyl (C=O) groups is 1. The molecule has 1 saturated carbocycles. The molecule has 134 valence electrons. The highest BCUT2D eigenvalue weighted by atomic mass is 35.5. The minimum Gasteiger partial charge on any atom is -0.335 e. The summed E-state index contributed by atoms with van der Waals surface area (Å²) in [5.41, 5.74) is 8.70. The van der Waals surface area contributed by atoms with Crippen molar-refractivity contribution in [2.45, 2.75) is 70.4 Å². The number of benzene rings is 1. The van der Waals surface area contributed by atoms with Gasteiger partial charge in [0.05, 0.1) is 6.04 Å². The molecule has 1 aromatic carbocycles. The molecule has 1 heterocycles. The van der Waals surface area contributed by atoms with Gasteiger partial charge in [0.25, 0.3) is 0 Å². The van der Waals surface area contributed by atoms with Crippen LogP contribution >= 0.6 is 12.4 Å². The minimum atomic E-state index is 0. The highest BCUT2D eigenvalue weighted by Crippen LogP contribution is 2.34. The van der Waals surface area contributed by atoms with Gasteiger partial charge in [-0.2, -0.15) is 0 Å². The Morgan fingerprint density at radius 3 is 2.71 bits per heavy atom. The van der Waals surface area contributed by atoms with Gasteiger partial charge >= 0.3 is 0 Å². The smallest absolute Gasteiger partial charge is 0.226 e. The molecular weight excluding hydrogens is 320 g/mol. The van der Waals surface area contributed by atoms with Crippen molar-refractivity contribution in [2.24, 2.45) is 11.7 Å². The lowest BCUT2D eigenvalue weighted by molar-refractivity contribution is -0.139. The molecule has 24 heavy (non-hydrogen) atoms. The first-order valence-electron chi connectivity index (χ1n) is 9.28. The van der Waals surface area contributed by atoms with Crippen LogP contribution in [0.25, 0.3) is 0 Å². The number of halogens is 1. The highest BCUT2D eigenvalue weighted by molar-refractivity contribution is 5.85. The Balaban J connectivity index is 0.00000208. The van der Waals surface area contributed by atoms with Crippen LogP contribution in [0.4, 0.5) is 0 Å². The maximum atomic E-state index is 13.2. The maximum Gasteiger partial charge on any atom is 0.226 e. The van der Waals surface area contributed by atoms with Crippen LogP contribution in [0, 0.1) is 12.8 Å². The molecule has 2 N–H and O–H groups in total. The van der Waals surface area contributed by atoms with Crippen molar-refractivity contribution < 1.29 is 4.79 Å². The number of nitrogens with zero attached hydrogens (tertiary/aromatic N) is 1. The van der Waals surface area contributed by atoms with Gasteiger partial charge in [0.1, 0.15) is 0 Å². The molecule has 0 aromatic heterocycles. The molecule has 1 aliphatic carbocycles. The van der Waals surface area contributed by atoms with E-state index in [1.807, 2.05) is 0 Å². The lowest BCUT2D eigenvalue weighted by Gasteiger charge is -2.36. The van der Waals surface area contributed by atoms with E-state index in [2.05, 4.69) is 36.1 Å². The molecule has 1 saturated heterocycles. The minimum absolute atomic E-state index is 0. The number of carbonyl (C=O) groups excluding carboxylic acids is 1. The predicted molar refractivity (Wildman–Crippen MR) is 101 cm³/mol. The Morgan fingerprint density at radius 2 is 1.96 bits per heavy atom. The van der Waals surface area contributed by atoms with Crippen LogP contribution in [0.1, 0.15) is 68.5 Å². The number of amides is 1. The van der Waals surface area contributed by atoms with Crippen molar-refractivity contribution in [3.63, 3.8) is 0 Å². The Kier molecular flexibility index (Phi) is 7.12. The summed E-state index contributed by atoms with van der Waals surface area (Å²) in [5, 5.41) is 0. The lowest BCUT2D eigenvalue weighted by Crippen LogP contribution is -2.42. The van der Waals surface area contributed by atoms with E-state index in [0.717, 1.165) is 45.1 Å². The van der Waals surface area contributed by atoms with E-state index in [4.69, 9.17) is 5.73 Å². The van der Waals surface area contributed by atoms with Crippen LogP contribution in [-0.2, 0) is 4.79 Å². The van der Waals surface area contributed by atoms with Crippen LogP contribution < -0.4 is 5.73 Å². The summed E-state index contributed by atoms with van der Waals surface area (Å²) in [5.74, 6) is 0.498. The molecule has 4 heteroatoms. The fourth-order valence-electron chi connectivity index (χ4n) is 4.28. The van der Waals surface area contributed by atoms with Crippen LogP contribution in [0.2, 0.25) is 0 Å². The monoisotopic (exact) mass is 350 g/mol. The van der Waals surface area contributed by atoms with Crippen LogP contribution in [-0.4, -0.2) is 23.4 Å². The van der Waals surface area contributed by atoms with E-state index in [1.165, 1.54) is 24.0 Å². The molecule has 2 fully saturated rings. The molecule has 0 radical (unpaired) electrons. The van der Waals surface area contributed by atoms with Crippen LogP contribution in [0.3, 0.4) is 0 Å². The SMILES string of the molecule is Cc1cccc(C2CCCCCN2C(=O)C2CCCC(N)C2)c1.Cl. The summed E-state index contributed by atoms with van der Waals surface area (Å²) in [6.45, 7) is 3.04. The van der Waals surface area contributed by atoms with Crippen molar-refractivity contribution in [3.8, 4) is 0 Å². The second kappa shape index (κ2) is 8.87. The Hall–Kier alpha value is -1.06. The quantitative estimate of drug-likeness (QED) is 0.860. The molecule has 0 spiro atoms. The van der Waals surface area contributed by atoms with Gasteiger partial charge in [-0.3, -0.25) is 4.79 Å². The molecule has 3 rings (SSSR count).